The van der Waals surface area contributed by atoms with Crippen LogP contribution in [-0.2, 0) is 9.53 Å². The summed E-state index contributed by atoms with van der Waals surface area (Å²) in [5.41, 5.74) is 0.894. The molecule has 1 atom stereocenters. The maximum absolute atomic E-state index is 11.1. The molecule has 92 valence electrons. The number of carbonyl (C=O) groups excluding carboxylic acids is 1. The summed E-state index contributed by atoms with van der Waals surface area (Å²) < 4.78 is 15.1. The summed E-state index contributed by atoms with van der Waals surface area (Å²) in [5.74, 6) is 1.24. The molecule has 0 fully saturated rings. The number of esters is 1. The van der Waals surface area contributed by atoms with Crippen molar-refractivity contribution >= 4 is 11.7 Å². The third-order valence-corrected chi connectivity index (χ3v) is 2.49. The van der Waals surface area contributed by atoms with Crippen molar-refractivity contribution in [3.05, 3.63) is 18.2 Å². The lowest BCUT2D eigenvalue weighted by atomic mass is 10.2. The van der Waals surface area contributed by atoms with Crippen molar-refractivity contribution in [3.63, 3.8) is 0 Å². The molecule has 1 N–H and O–H groups in total. The van der Waals surface area contributed by atoms with Crippen LogP contribution >= 0.6 is 0 Å². The minimum absolute atomic E-state index is 0.00261. The predicted octanol–water partition coefficient (Wildman–Crippen LogP) is 1.78. The molecule has 0 spiro atoms. The predicted molar refractivity (Wildman–Crippen MR) is 62.3 cm³/mol. The lowest BCUT2D eigenvalue weighted by Gasteiger charge is -2.14. The van der Waals surface area contributed by atoms with Crippen LogP contribution in [0.3, 0.4) is 0 Å². The molecular weight excluding hydrogens is 222 g/mol. The van der Waals surface area contributed by atoms with Crippen molar-refractivity contribution in [2.75, 3.05) is 19.2 Å². The number of nitrogens with one attached hydrogen (secondary N) is 1. The van der Waals surface area contributed by atoms with Crippen LogP contribution in [-0.4, -0.2) is 25.9 Å². The van der Waals surface area contributed by atoms with Gasteiger partial charge in [0.2, 0.25) is 6.79 Å². The highest BCUT2D eigenvalue weighted by atomic mass is 16.7. The number of rotatable bonds is 4. The molecule has 1 aliphatic rings. The number of hydrogen-bond acceptors (Lipinski definition) is 5. The van der Waals surface area contributed by atoms with Crippen molar-refractivity contribution in [2.24, 2.45) is 0 Å². The van der Waals surface area contributed by atoms with Crippen molar-refractivity contribution in [3.8, 4) is 11.5 Å². The van der Waals surface area contributed by atoms with E-state index in [1.807, 2.05) is 25.1 Å². The van der Waals surface area contributed by atoms with E-state index in [1.54, 1.807) is 0 Å². The number of carbonyl (C=O) groups is 1. The minimum Gasteiger partial charge on any atom is -0.469 e. The lowest BCUT2D eigenvalue weighted by molar-refractivity contribution is -0.140. The van der Waals surface area contributed by atoms with E-state index in [1.165, 1.54) is 7.11 Å². The number of benzene rings is 1. The zero-order valence-corrected chi connectivity index (χ0v) is 9.86. The Balaban J connectivity index is 1.97. The van der Waals surface area contributed by atoms with Crippen LogP contribution in [0.5, 0.6) is 11.5 Å². The van der Waals surface area contributed by atoms with Gasteiger partial charge in [0.1, 0.15) is 0 Å². The fourth-order valence-corrected chi connectivity index (χ4v) is 1.66. The highest BCUT2D eigenvalue weighted by molar-refractivity contribution is 5.70. The average Bonchev–Trinajstić information content (AvgIpc) is 2.75. The second-order valence-corrected chi connectivity index (χ2v) is 3.89. The summed E-state index contributed by atoms with van der Waals surface area (Å²) in [5, 5.41) is 3.20. The summed E-state index contributed by atoms with van der Waals surface area (Å²) in [4.78, 5) is 11.1. The number of anilines is 1. The Labute approximate surface area is 99.7 Å². The highest BCUT2D eigenvalue weighted by Gasteiger charge is 2.14. The van der Waals surface area contributed by atoms with Gasteiger partial charge in [-0.15, -0.1) is 0 Å². The minimum atomic E-state index is -0.231. The summed E-state index contributed by atoms with van der Waals surface area (Å²) in [6.07, 6.45) is 0.324. The number of fused-ring (bicyclic) bond motifs is 1. The van der Waals surface area contributed by atoms with E-state index in [-0.39, 0.29) is 18.8 Å². The molecule has 2 rings (SSSR count). The normalized spacial score (nSPS) is 14.2. The fourth-order valence-electron chi connectivity index (χ4n) is 1.66. The van der Waals surface area contributed by atoms with Crippen molar-refractivity contribution in [1.82, 2.24) is 0 Å². The molecule has 0 aromatic heterocycles. The average molecular weight is 237 g/mol. The molecule has 1 heterocycles. The zero-order valence-electron chi connectivity index (χ0n) is 9.86. The maximum atomic E-state index is 11.1. The second-order valence-electron chi connectivity index (χ2n) is 3.89. The number of methoxy groups -OCH3 is 1. The van der Waals surface area contributed by atoms with Crippen LogP contribution < -0.4 is 14.8 Å². The smallest absolute Gasteiger partial charge is 0.307 e. The van der Waals surface area contributed by atoms with Crippen LogP contribution in [0.2, 0.25) is 0 Å². The largest absolute Gasteiger partial charge is 0.469 e. The highest BCUT2D eigenvalue weighted by Crippen LogP contribution is 2.34. The van der Waals surface area contributed by atoms with E-state index in [4.69, 9.17) is 9.47 Å². The summed E-state index contributed by atoms with van der Waals surface area (Å²) >= 11 is 0. The molecule has 0 saturated carbocycles. The molecular formula is C12H15NO4. The molecule has 1 aliphatic heterocycles. The van der Waals surface area contributed by atoms with E-state index >= 15 is 0 Å². The van der Waals surface area contributed by atoms with E-state index in [9.17, 15) is 4.79 Å². The first-order valence-corrected chi connectivity index (χ1v) is 5.42. The molecule has 0 unspecified atom stereocenters. The second kappa shape index (κ2) is 4.95. The van der Waals surface area contributed by atoms with Gasteiger partial charge in [-0.2, -0.15) is 0 Å². The van der Waals surface area contributed by atoms with Crippen LogP contribution in [0.1, 0.15) is 13.3 Å². The molecule has 5 heteroatoms. The van der Waals surface area contributed by atoms with E-state index < -0.39 is 0 Å². The Hall–Kier alpha value is -1.91. The van der Waals surface area contributed by atoms with Gasteiger partial charge in [0.05, 0.1) is 13.5 Å². The van der Waals surface area contributed by atoms with Crippen LogP contribution in [0.15, 0.2) is 18.2 Å². The molecule has 0 amide bonds. The Bertz CT molecular complexity index is 419. The first-order valence-electron chi connectivity index (χ1n) is 5.42. The first-order chi connectivity index (χ1) is 8.19. The zero-order chi connectivity index (χ0) is 12.3. The van der Waals surface area contributed by atoms with Gasteiger partial charge in [-0.05, 0) is 19.1 Å². The van der Waals surface area contributed by atoms with Gasteiger partial charge in [-0.1, -0.05) is 0 Å². The van der Waals surface area contributed by atoms with Crippen molar-refractivity contribution < 1.29 is 19.0 Å². The first kappa shape index (κ1) is 11.6. The van der Waals surface area contributed by atoms with Crippen LogP contribution in [0.25, 0.3) is 0 Å². The molecule has 5 nitrogen and oxygen atoms in total. The summed E-state index contributed by atoms with van der Waals surface area (Å²) in [7, 11) is 1.38. The SMILES string of the molecule is COC(=O)C[C@@H](C)Nc1ccc2c(c1)OCO2. The third-order valence-electron chi connectivity index (χ3n) is 2.49. The van der Waals surface area contributed by atoms with Gasteiger partial charge in [0.15, 0.2) is 11.5 Å². The van der Waals surface area contributed by atoms with Gasteiger partial charge in [-0.3, -0.25) is 4.79 Å². The third kappa shape index (κ3) is 2.81. The molecule has 1 aromatic carbocycles. The van der Waals surface area contributed by atoms with Crippen LogP contribution in [0, 0.1) is 0 Å². The monoisotopic (exact) mass is 237 g/mol. The fraction of sp³-hybridized carbons (Fsp3) is 0.417. The molecule has 17 heavy (non-hydrogen) atoms. The van der Waals surface area contributed by atoms with Gasteiger partial charge in [0, 0.05) is 17.8 Å². The Morgan fingerprint density at radius 3 is 3.00 bits per heavy atom. The Morgan fingerprint density at radius 2 is 2.24 bits per heavy atom. The Kier molecular flexibility index (Phi) is 3.37. The molecule has 0 bridgehead atoms. The standard InChI is InChI=1S/C12H15NO4/c1-8(5-12(14)15-2)13-9-3-4-10-11(6-9)17-7-16-10/h3-4,6,8,13H,5,7H2,1-2H3/t8-/m1/s1. The lowest BCUT2D eigenvalue weighted by Crippen LogP contribution is -2.20. The topological polar surface area (TPSA) is 56.8 Å². The van der Waals surface area contributed by atoms with E-state index in [0.29, 0.717) is 6.42 Å². The Morgan fingerprint density at radius 1 is 1.47 bits per heavy atom. The summed E-state index contributed by atoms with van der Waals surface area (Å²) in [6.45, 7) is 2.18. The van der Waals surface area contributed by atoms with E-state index in [0.717, 1.165) is 17.2 Å². The molecule has 0 aliphatic carbocycles. The molecule has 1 aromatic rings. The van der Waals surface area contributed by atoms with Gasteiger partial charge >= 0.3 is 5.97 Å². The van der Waals surface area contributed by atoms with Gasteiger partial charge in [0.25, 0.3) is 0 Å². The van der Waals surface area contributed by atoms with E-state index in [2.05, 4.69) is 10.1 Å². The van der Waals surface area contributed by atoms with Crippen LogP contribution in [0.4, 0.5) is 5.69 Å². The van der Waals surface area contributed by atoms with Crippen molar-refractivity contribution in [2.45, 2.75) is 19.4 Å². The maximum Gasteiger partial charge on any atom is 0.307 e. The number of ether oxygens (including phenoxy) is 3. The van der Waals surface area contributed by atoms with Gasteiger partial charge in [-0.25, -0.2) is 0 Å². The van der Waals surface area contributed by atoms with Crippen molar-refractivity contribution in [1.29, 1.82) is 0 Å². The van der Waals surface area contributed by atoms with Gasteiger partial charge < -0.3 is 19.5 Å². The quantitative estimate of drug-likeness (QED) is 0.809. The number of hydrogen-bond donors (Lipinski definition) is 1. The molecule has 0 saturated heterocycles. The summed E-state index contributed by atoms with van der Waals surface area (Å²) in [6, 6.07) is 5.59. The molecule has 0 radical (unpaired) electrons.